The second-order valence-electron chi connectivity index (χ2n) is 5.54. The number of hydrogen-bond donors (Lipinski definition) is 3. The second-order valence-corrected chi connectivity index (χ2v) is 6.63. The summed E-state index contributed by atoms with van der Waals surface area (Å²) < 4.78 is 5.20. The molecule has 1 unspecified atom stereocenters. The molecule has 116 valence electrons. The molecule has 0 saturated carbocycles. The van der Waals surface area contributed by atoms with Gasteiger partial charge in [-0.25, -0.2) is 4.98 Å². The highest BCUT2D eigenvalue weighted by molar-refractivity contribution is 7.99. The number of benzene rings is 1. The summed E-state index contributed by atoms with van der Waals surface area (Å²) in [5, 5.41) is 10.0. The first-order chi connectivity index (χ1) is 10.0. The molecule has 6 heteroatoms. The number of fused-ring (bicyclic) bond motifs is 1. The second kappa shape index (κ2) is 7.15. The third-order valence-electron chi connectivity index (χ3n) is 3.41. The van der Waals surface area contributed by atoms with E-state index in [1.807, 2.05) is 25.1 Å². The van der Waals surface area contributed by atoms with Crippen molar-refractivity contribution in [3.63, 3.8) is 0 Å². The summed E-state index contributed by atoms with van der Waals surface area (Å²) in [5.74, 6) is 1.81. The van der Waals surface area contributed by atoms with Gasteiger partial charge in [-0.05, 0) is 31.9 Å². The molecule has 1 aromatic carbocycles. The minimum atomic E-state index is -0.458. The molecule has 21 heavy (non-hydrogen) atoms. The normalized spacial score (nSPS) is 14.3. The minimum Gasteiger partial charge on any atom is -0.497 e. The van der Waals surface area contributed by atoms with Crippen LogP contribution in [0.2, 0.25) is 0 Å². The lowest BCUT2D eigenvalue weighted by Gasteiger charge is -2.20. The molecule has 5 nitrogen and oxygen atoms in total. The van der Waals surface area contributed by atoms with E-state index in [1.54, 1.807) is 18.9 Å². The molecular formula is C15H23N3O2S. The molecular weight excluding hydrogens is 286 g/mol. The highest BCUT2D eigenvalue weighted by atomic mass is 32.2. The van der Waals surface area contributed by atoms with Gasteiger partial charge in [-0.2, -0.15) is 0 Å². The number of H-pyrrole nitrogens is 1. The van der Waals surface area contributed by atoms with E-state index in [0.717, 1.165) is 47.0 Å². The number of nitrogens with one attached hydrogen (secondary N) is 1. The standard InChI is InChI=1S/C15H23N3O2S/c1-15(16,10-19)7-3-4-8-21-14-17-12-6-5-11(20-2)9-13(12)18-14/h5-6,9,19H,3-4,7-8,10,16H2,1-2H3,(H,17,18). The smallest absolute Gasteiger partial charge is 0.166 e. The lowest BCUT2D eigenvalue weighted by Crippen LogP contribution is -2.39. The number of aliphatic hydroxyl groups is 1. The largest absolute Gasteiger partial charge is 0.497 e. The predicted octanol–water partition coefficient (Wildman–Crippen LogP) is 2.54. The molecule has 2 aromatic rings. The van der Waals surface area contributed by atoms with Gasteiger partial charge < -0.3 is 20.6 Å². The van der Waals surface area contributed by atoms with Crippen LogP contribution in [-0.4, -0.2) is 40.1 Å². The van der Waals surface area contributed by atoms with Crippen LogP contribution < -0.4 is 10.5 Å². The summed E-state index contributed by atoms with van der Waals surface area (Å²) in [4.78, 5) is 7.83. The summed E-state index contributed by atoms with van der Waals surface area (Å²) in [6, 6.07) is 5.82. The van der Waals surface area contributed by atoms with Crippen LogP contribution in [0.1, 0.15) is 26.2 Å². The number of aromatic amines is 1. The van der Waals surface area contributed by atoms with Gasteiger partial charge in [-0.1, -0.05) is 18.2 Å². The van der Waals surface area contributed by atoms with Crippen LogP contribution in [0.5, 0.6) is 5.75 Å². The highest BCUT2D eigenvalue weighted by Crippen LogP contribution is 2.24. The number of ether oxygens (including phenoxy) is 1. The monoisotopic (exact) mass is 309 g/mol. The number of nitrogens with two attached hydrogens (primary N) is 1. The molecule has 0 saturated heterocycles. The van der Waals surface area contributed by atoms with Crippen molar-refractivity contribution >= 4 is 22.8 Å². The molecule has 0 fully saturated rings. The maximum Gasteiger partial charge on any atom is 0.166 e. The van der Waals surface area contributed by atoms with Crippen molar-refractivity contribution in [2.45, 2.75) is 36.9 Å². The Bertz CT molecular complexity index is 583. The zero-order valence-corrected chi connectivity index (χ0v) is 13.4. The number of hydrogen-bond acceptors (Lipinski definition) is 5. The molecule has 0 amide bonds. The number of thioether (sulfide) groups is 1. The molecule has 1 aromatic heterocycles. The fraction of sp³-hybridized carbons (Fsp3) is 0.533. The average molecular weight is 309 g/mol. The van der Waals surface area contributed by atoms with Gasteiger partial charge >= 0.3 is 0 Å². The van der Waals surface area contributed by atoms with Gasteiger partial charge in [0.05, 0.1) is 24.8 Å². The van der Waals surface area contributed by atoms with E-state index >= 15 is 0 Å². The maximum absolute atomic E-state index is 9.10. The number of rotatable bonds is 8. The lowest BCUT2D eigenvalue weighted by molar-refractivity contribution is 0.198. The molecule has 0 aliphatic carbocycles. The Balaban J connectivity index is 1.81. The number of aliphatic hydroxyl groups excluding tert-OH is 1. The van der Waals surface area contributed by atoms with Crippen LogP contribution in [0.15, 0.2) is 23.4 Å². The quantitative estimate of drug-likeness (QED) is 0.515. The predicted molar refractivity (Wildman–Crippen MR) is 86.9 cm³/mol. The van der Waals surface area contributed by atoms with E-state index in [-0.39, 0.29) is 6.61 Å². The van der Waals surface area contributed by atoms with Gasteiger partial charge in [0.2, 0.25) is 0 Å². The van der Waals surface area contributed by atoms with Gasteiger partial charge in [0.15, 0.2) is 5.16 Å². The third kappa shape index (κ3) is 4.62. The Labute approximate surface area is 129 Å². The van der Waals surface area contributed by atoms with Gasteiger partial charge in [0.1, 0.15) is 5.75 Å². The Hall–Kier alpha value is -1.24. The molecule has 0 spiro atoms. The molecule has 2 rings (SSSR count). The average Bonchev–Trinajstić information content (AvgIpc) is 2.88. The molecule has 0 radical (unpaired) electrons. The fourth-order valence-corrected chi connectivity index (χ4v) is 2.93. The van der Waals surface area contributed by atoms with E-state index in [2.05, 4.69) is 9.97 Å². The van der Waals surface area contributed by atoms with Crippen molar-refractivity contribution in [2.75, 3.05) is 19.5 Å². The first kappa shape index (κ1) is 16.1. The van der Waals surface area contributed by atoms with E-state index in [0.29, 0.717) is 0 Å². The van der Waals surface area contributed by atoms with Gasteiger partial charge in [0, 0.05) is 17.4 Å². The summed E-state index contributed by atoms with van der Waals surface area (Å²) in [7, 11) is 1.66. The van der Waals surface area contributed by atoms with Crippen molar-refractivity contribution in [2.24, 2.45) is 5.73 Å². The SMILES string of the molecule is COc1ccc2nc(SCCCCC(C)(N)CO)[nH]c2c1. The Morgan fingerprint density at radius 3 is 2.95 bits per heavy atom. The zero-order chi connectivity index (χ0) is 15.3. The minimum absolute atomic E-state index is 0.0333. The fourth-order valence-electron chi connectivity index (χ4n) is 2.04. The topological polar surface area (TPSA) is 84.2 Å². The molecule has 1 atom stereocenters. The van der Waals surface area contributed by atoms with Crippen molar-refractivity contribution in [3.8, 4) is 5.75 Å². The Morgan fingerprint density at radius 2 is 2.24 bits per heavy atom. The van der Waals surface area contributed by atoms with Crippen molar-refractivity contribution in [1.82, 2.24) is 9.97 Å². The summed E-state index contributed by atoms with van der Waals surface area (Å²) in [6.07, 6.45) is 2.90. The molecule has 1 heterocycles. The van der Waals surface area contributed by atoms with E-state index in [1.165, 1.54) is 0 Å². The number of methoxy groups -OCH3 is 1. The van der Waals surface area contributed by atoms with Crippen molar-refractivity contribution < 1.29 is 9.84 Å². The zero-order valence-electron chi connectivity index (χ0n) is 12.6. The first-order valence-electron chi connectivity index (χ1n) is 7.10. The van der Waals surface area contributed by atoms with Crippen molar-refractivity contribution in [1.29, 1.82) is 0 Å². The molecule has 0 aliphatic heterocycles. The highest BCUT2D eigenvalue weighted by Gasteiger charge is 2.15. The Kier molecular flexibility index (Phi) is 5.50. The van der Waals surface area contributed by atoms with Crippen LogP contribution >= 0.6 is 11.8 Å². The summed E-state index contributed by atoms with van der Waals surface area (Å²) in [5.41, 5.74) is 7.39. The van der Waals surface area contributed by atoms with Crippen LogP contribution in [0.25, 0.3) is 11.0 Å². The first-order valence-corrected chi connectivity index (χ1v) is 8.09. The van der Waals surface area contributed by atoms with E-state index < -0.39 is 5.54 Å². The Morgan fingerprint density at radius 1 is 1.43 bits per heavy atom. The number of aromatic nitrogens is 2. The van der Waals surface area contributed by atoms with Gasteiger partial charge in [-0.15, -0.1) is 0 Å². The third-order valence-corrected chi connectivity index (χ3v) is 4.37. The maximum atomic E-state index is 9.10. The number of nitrogens with zero attached hydrogens (tertiary/aromatic N) is 1. The van der Waals surface area contributed by atoms with Gasteiger partial charge in [0.25, 0.3) is 0 Å². The van der Waals surface area contributed by atoms with Crippen LogP contribution in [0.4, 0.5) is 0 Å². The van der Waals surface area contributed by atoms with Crippen LogP contribution in [0.3, 0.4) is 0 Å². The summed E-state index contributed by atoms with van der Waals surface area (Å²) in [6.45, 7) is 1.92. The molecule has 0 aliphatic rings. The van der Waals surface area contributed by atoms with Crippen LogP contribution in [0, 0.1) is 0 Å². The number of imidazole rings is 1. The van der Waals surface area contributed by atoms with E-state index in [9.17, 15) is 0 Å². The number of unbranched alkanes of at least 4 members (excludes halogenated alkanes) is 1. The lowest BCUT2D eigenvalue weighted by atomic mass is 9.98. The van der Waals surface area contributed by atoms with Gasteiger partial charge in [-0.3, -0.25) is 0 Å². The van der Waals surface area contributed by atoms with Crippen molar-refractivity contribution in [3.05, 3.63) is 18.2 Å². The summed E-state index contributed by atoms with van der Waals surface area (Å²) >= 11 is 1.71. The molecule has 4 N–H and O–H groups in total. The molecule has 0 bridgehead atoms. The van der Waals surface area contributed by atoms with Crippen LogP contribution in [-0.2, 0) is 0 Å². The van der Waals surface area contributed by atoms with E-state index in [4.69, 9.17) is 15.6 Å².